The Morgan fingerprint density at radius 2 is 1.00 bits per heavy atom. The van der Waals surface area contributed by atoms with Crippen molar-refractivity contribution in [2.24, 2.45) is 5.41 Å². The summed E-state index contributed by atoms with van der Waals surface area (Å²) in [6, 6.07) is 0. The number of hydrogen-bond donors (Lipinski definition) is 0. The van der Waals surface area contributed by atoms with Crippen LogP contribution in [0.2, 0.25) is 0 Å². The van der Waals surface area contributed by atoms with E-state index in [1.165, 1.54) is 0 Å². The molecular weight excluding hydrogens is 379 g/mol. The average molecular weight is 386 g/mol. The number of hydrogen-bond acceptors (Lipinski definition) is 0. The Morgan fingerprint density at radius 1 is 0.583 bits per heavy atom. The third-order valence-electron chi connectivity index (χ3n) is 3.59. The van der Waals surface area contributed by atoms with Crippen LogP contribution in [0.25, 0.3) is 0 Å². The molecule has 0 radical (unpaired) electrons. The highest BCUT2D eigenvalue weighted by Crippen LogP contribution is 2.69. The summed E-state index contributed by atoms with van der Waals surface area (Å²) in [5.74, 6) is -15.1. The van der Waals surface area contributed by atoms with Crippen LogP contribution >= 0.6 is 0 Å². The molecule has 13 heteroatoms. The topological polar surface area (TPSA) is 0 Å². The molecule has 0 atom stereocenters. The van der Waals surface area contributed by atoms with Gasteiger partial charge in [0.2, 0.25) is 0 Å². The maximum Gasteiger partial charge on any atom is 0.459 e. The first-order chi connectivity index (χ1) is 10.4. The molecule has 24 heavy (non-hydrogen) atoms. The molecule has 0 spiro atoms. The van der Waals surface area contributed by atoms with Crippen LogP contribution in [0.4, 0.5) is 57.1 Å². The van der Waals surface area contributed by atoms with E-state index in [9.17, 15) is 57.1 Å². The summed E-state index contributed by atoms with van der Waals surface area (Å²) in [7, 11) is 0. The van der Waals surface area contributed by atoms with Gasteiger partial charge in [-0.05, 0) is 24.8 Å². The van der Waals surface area contributed by atoms with Crippen molar-refractivity contribution >= 4 is 0 Å². The van der Waals surface area contributed by atoms with E-state index < -0.39 is 60.6 Å². The summed E-state index contributed by atoms with van der Waals surface area (Å²) in [6.45, 7) is 0. The Kier molecular flexibility index (Phi) is 4.71. The van der Waals surface area contributed by atoms with E-state index in [2.05, 4.69) is 0 Å². The fourth-order valence-corrected chi connectivity index (χ4v) is 2.51. The highest BCUT2D eigenvalue weighted by molar-refractivity contribution is 5.30. The molecule has 0 heterocycles. The zero-order chi connectivity index (χ0) is 19.4. The van der Waals surface area contributed by atoms with Crippen molar-refractivity contribution < 1.29 is 57.1 Å². The monoisotopic (exact) mass is 386 g/mol. The van der Waals surface area contributed by atoms with Crippen LogP contribution in [0, 0.1) is 5.41 Å². The van der Waals surface area contributed by atoms with E-state index >= 15 is 0 Å². The largest absolute Gasteiger partial charge is 0.459 e. The summed E-state index contributed by atoms with van der Waals surface area (Å²) in [5.41, 5.74) is -8.90. The number of halogens is 13. The second kappa shape index (κ2) is 5.41. The molecule has 0 aliphatic heterocycles. The van der Waals surface area contributed by atoms with E-state index in [0.29, 0.717) is 0 Å². The molecule has 0 N–H and O–H groups in total. The van der Waals surface area contributed by atoms with Crippen LogP contribution in [0.5, 0.6) is 0 Å². The van der Waals surface area contributed by atoms with Crippen molar-refractivity contribution in [2.45, 2.75) is 49.6 Å². The van der Waals surface area contributed by atoms with Crippen molar-refractivity contribution in [2.75, 3.05) is 0 Å². The number of rotatable bonds is 3. The van der Waals surface area contributed by atoms with Crippen LogP contribution in [-0.2, 0) is 0 Å². The molecule has 0 aromatic carbocycles. The first kappa shape index (κ1) is 20.9. The van der Waals surface area contributed by atoms with Crippen LogP contribution in [0.3, 0.4) is 0 Å². The zero-order valence-corrected chi connectivity index (χ0v) is 11.1. The van der Waals surface area contributed by atoms with Gasteiger partial charge in [-0.25, -0.2) is 0 Å². The predicted molar refractivity (Wildman–Crippen MR) is 52.4 cm³/mol. The second-order valence-electron chi connectivity index (χ2n) is 5.01. The van der Waals surface area contributed by atoms with Crippen molar-refractivity contribution in [3.8, 4) is 0 Å². The third-order valence-corrected chi connectivity index (χ3v) is 3.59. The molecule has 1 aliphatic rings. The Morgan fingerprint density at radius 3 is 1.25 bits per heavy atom. The van der Waals surface area contributed by atoms with Gasteiger partial charge in [-0.2, -0.15) is 57.1 Å². The van der Waals surface area contributed by atoms with Gasteiger partial charge in [0.25, 0.3) is 5.41 Å². The molecule has 0 fully saturated rings. The van der Waals surface area contributed by atoms with Crippen LogP contribution < -0.4 is 0 Å². The van der Waals surface area contributed by atoms with Gasteiger partial charge < -0.3 is 0 Å². The van der Waals surface area contributed by atoms with Gasteiger partial charge in [-0.15, -0.1) is 0 Å². The molecule has 0 bridgehead atoms. The SMILES string of the molecule is FC(F)(F)C(F)(F)C(F)(F)C(C1=CCCC1)(C(F)(F)F)C(F)(F)F. The number of allylic oxidation sites excluding steroid dienone is 2. The number of alkyl halides is 13. The molecule has 0 aromatic heterocycles. The van der Waals surface area contributed by atoms with Gasteiger partial charge >= 0.3 is 30.4 Å². The maximum atomic E-state index is 13.7. The van der Waals surface area contributed by atoms with Gasteiger partial charge in [0.1, 0.15) is 0 Å². The maximum absolute atomic E-state index is 13.7. The molecule has 0 saturated carbocycles. The Hall–Kier alpha value is -1.17. The van der Waals surface area contributed by atoms with Crippen molar-refractivity contribution in [3.05, 3.63) is 11.6 Å². The molecule has 0 aromatic rings. The molecule has 0 nitrogen and oxygen atoms in total. The van der Waals surface area contributed by atoms with E-state index in [4.69, 9.17) is 0 Å². The lowest BCUT2D eigenvalue weighted by Crippen LogP contribution is -2.70. The van der Waals surface area contributed by atoms with Crippen molar-refractivity contribution in [1.82, 2.24) is 0 Å². The fourth-order valence-electron chi connectivity index (χ4n) is 2.51. The first-order valence-electron chi connectivity index (χ1n) is 6.01. The van der Waals surface area contributed by atoms with Crippen LogP contribution in [0.1, 0.15) is 19.3 Å². The summed E-state index contributed by atoms with van der Waals surface area (Å²) in [5, 5.41) is 0. The Balaban J connectivity index is 3.90. The third kappa shape index (κ3) is 2.54. The summed E-state index contributed by atoms with van der Waals surface area (Å²) in [6.07, 6.45) is -24.1. The predicted octanol–water partition coefficient (Wildman–Crippen LogP) is 6.04. The summed E-state index contributed by atoms with van der Waals surface area (Å²) < 4.78 is 168. The van der Waals surface area contributed by atoms with Crippen LogP contribution in [-0.4, -0.2) is 30.4 Å². The highest BCUT2D eigenvalue weighted by Gasteiger charge is 2.92. The molecule has 0 amide bonds. The van der Waals surface area contributed by atoms with Crippen molar-refractivity contribution in [1.29, 1.82) is 0 Å². The molecule has 1 aliphatic carbocycles. The van der Waals surface area contributed by atoms with Gasteiger partial charge in [0.15, 0.2) is 0 Å². The van der Waals surface area contributed by atoms with E-state index in [0.717, 1.165) is 0 Å². The van der Waals surface area contributed by atoms with Crippen LogP contribution in [0.15, 0.2) is 11.6 Å². The van der Waals surface area contributed by atoms with Gasteiger partial charge in [0, 0.05) is 0 Å². The molecule has 142 valence electrons. The standard InChI is InChI=1S/C11H7F13/c12-7(13,8(14,15)11(22,23)24)6(9(16,17)18,10(19,20)21)5-3-1-2-4-5/h3H,1-2,4H2. The minimum atomic E-state index is -7.57. The van der Waals surface area contributed by atoms with E-state index in [-0.39, 0.29) is 6.08 Å². The normalized spacial score (nSPS) is 18.8. The average Bonchev–Trinajstić information content (AvgIpc) is 2.76. The van der Waals surface area contributed by atoms with Gasteiger partial charge in [0.05, 0.1) is 0 Å². The summed E-state index contributed by atoms with van der Waals surface area (Å²) in [4.78, 5) is 0. The van der Waals surface area contributed by atoms with E-state index in [1.807, 2.05) is 0 Å². The lowest BCUT2D eigenvalue weighted by Gasteiger charge is -2.46. The Labute approximate surface area is 125 Å². The van der Waals surface area contributed by atoms with E-state index in [1.54, 1.807) is 0 Å². The van der Waals surface area contributed by atoms with Crippen molar-refractivity contribution in [3.63, 3.8) is 0 Å². The molecule has 1 rings (SSSR count). The minimum absolute atomic E-state index is 0.0264. The summed E-state index contributed by atoms with van der Waals surface area (Å²) >= 11 is 0. The lowest BCUT2D eigenvalue weighted by atomic mass is 9.70. The minimum Gasteiger partial charge on any atom is -0.198 e. The fraction of sp³-hybridized carbons (Fsp3) is 0.818. The Bertz CT molecular complexity index is 487. The quantitative estimate of drug-likeness (QED) is 0.410. The smallest absolute Gasteiger partial charge is 0.198 e. The second-order valence-corrected chi connectivity index (χ2v) is 5.01. The molecule has 0 saturated heterocycles. The zero-order valence-electron chi connectivity index (χ0n) is 11.1. The lowest BCUT2D eigenvalue weighted by molar-refractivity contribution is -0.449. The van der Waals surface area contributed by atoms with Gasteiger partial charge in [-0.3, -0.25) is 0 Å². The molecule has 0 unspecified atom stereocenters. The van der Waals surface area contributed by atoms with Gasteiger partial charge in [-0.1, -0.05) is 6.08 Å². The highest BCUT2D eigenvalue weighted by atomic mass is 19.4. The first-order valence-corrected chi connectivity index (χ1v) is 6.01. The molecular formula is C11H7F13.